The number of morpholine rings is 1. The number of hydrogen-bond acceptors (Lipinski definition) is 5. The Balaban J connectivity index is 1.76. The van der Waals surface area contributed by atoms with Gasteiger partial charge in [0.25, 0.3) is 5.91 Å². The van der Waals surface area contributed by atoms with E-state index >= 15 is 0 Å². The summed E-state index contributed by atoms with van der Waals surface area (Å²) < 4.78 is 5.34. The van der Waals surface area contributed by atoms with Crippen LogP contribution in [0.5, 0.6) is 0 Å². The third-order valence-corrected chi connectivity index (χ3v) is 5.47. The lowest BCUT2D eigenvalue weighted by Crippen LogP contribution is -2.40. The van der Waals surface area contributed by atoms with Crippen molar-refractivity contribution >= 4 is 11.7 Å². The molecule has 6 heteroatoms. The summed E-state index contributed by atoms with van der Waals surface area (Å²) in [6, 6.07) is 4.29. The van der Waals surface area contributed by atoms with Crippen molar-refractivity contribution in [3.05, 3.63) is 23.9 Å². The molecule has 2 saturated heterocycles. The molecular formula is C19H30N4O2. The van der Waals surface area contributed by atoms with E-state index in [9.17, 15) is 4.79 Å². The second-order valence-corrected chi connectivity index (χ2v) is 7.65. The van der Waals surface area contributed by atoms with Crippen LogP contribution >= 0.6 is 0 Å². The molecule has 2 atom stereocenters. The summed E-state index contributed by atoms with van der Waals surface area (Å²) in [5.74, 6) is 2.22. The van der Waals surface area contributed by atoms with Gasteiger partial charge in [-0.05, 0) is 38.1 Å². The lowest BCUT2D eigenvalue weighted by Gasteiger charge is -2.27. The number of aromatic nitrogens is 1. The van der Waals surface area contributed by atoms with Gasteiger partial charge in [-0.2, -0.15) is 0 Å². The normalized spacial score (nSPS) is 24.4. The number of rotatable bonds is 4. The van der Waals surface area contributed by atoms with Gasteiger partial charge < -0.3 is 19.4 Å². The van der Waals surface area contributed by atoms with Crippen molar-refractivity contribution in [1.29, 1.82) is 0 Å². The quantitative estimate of drug-likeness (QED) is 0.828. The van der Waals surface area contributed by atoms with Crippen LogP contribution in [0.25, 0.3) is 0 Å². The average Bonchev–Trinajstić information content (AvgIpc) is 3.08. The topological polar surface area (TPSA) is 48.9 Å². The molecule has 1 amide bonds. The van der Waals surface area contributed by atoms with Crippen molar-refractivity contribution in [2.45, 2.75) is 19.9 Å². The number of carbonyl (C=O) groups excluding carboxylic acids is 1. The Labute approximate surface area is 150 Å². The van der Waals surface area contributed by atoms with Crippen LogP contribution in [0.15, 0.2) is 18.3 Å². The molecule has 0 bridgehead atoms. The lowest BCUT2D eigenvalue weighted by molar-refractivity contribution is 0.0303. The number of pyridine rings is 1. The summed E-state index contributed by atoms with van der Waals surface area (Å²) >= 11 is 0. The largest absolute Gasteiger partial charge is 0.378 e. The summed E-state index contributed by atoms with van der Waals surface area (Å²) in [6.45, 7) is 9.09. The van der Waals surface area contributed by atoms with Gasteiger partial charge in [0.15, 0.2) is 0 Å². The first-order chi connectivity index (χ1) is 12.0. The molecule has 138 valence electrons. The maximum absolute atomic E-state index is 12.7. The van der Waals surface area contributed by atoms with E-state index in [0.29, 0.717) is 44.2 Å². The van der Waals surface area contributed by atoms with E-state index in [2.05, 4.69) is 42.7 Å². The molecule has 1 aromatic heterocycles. The van der Waals surface area contributed by atoms with E-state index in [0.717, 1.165) is 24.5 Å². The van der Waals surface area contributed by atoms with Crippen molar-refractivity contribution in [1.82, 2.24) is 14.8 Å². The fourth-order valence-corrected chi connectivity index (χ4v) is 3.87. The highest BCUT2D eigenvalue weighted by Gasteiger charge is 2.36. The van der Waals surface area contributed by atoms with Crippen LogP contribution in [0.1, 0.15) is 24.2 Å². The van der Waals surface area contributed by atoms with Gasteiger partial charge in [-0.25, -0.2) is 4.98 Å². The standard InChI is InChI=1S/C19H30N4O2/c1-14(2)16-12-23(13-17(16)21(3)4)18-11-15(5-6-20-18)19(24)22-7-9-25-10-8-22/h5-6,11,14,16-17H,7-10,12-13H2,1-4H3/t16-,17+/m0/s1. The highest BCUT2D eigenvalue weighted by molar-refractivity contribution is 5.95. The molecule has 3 rings (SSSR count). The molecule has 0 radical (unpaired) electrons. The monoisotopic (exact) mass is 346 g/mol. The molecule has 0 saturated carbocycles. The Morgan fingerprint density at radius 1 is 1.28 bits per heavy atom. The minimum atomic E-state index is 0.0794. The number of ether oxygens (including phenoxy) is 1. The van der Waals surface area contributed by atoms with Crippen molar-refractivity contribution in [2.24, 2.45) is 11.8 Å². The predicted octanol–water partition coefficient (Wildman–Crippen LogP) is 1.58. The van der Waals surface area contributed by atoms with Crippen molar-refractivity contribution < 1.29 is 9.53 Å². The first-order valence-electron chi connectivity index (χ1n) is 9.22. The number of hydrogen-bond donors (Lipinski definition) is 0. The zero-order valence-corrected chi connectivity index (χ0v) is 15.8. The molecule has 1 aromatic rings. The number of likely N-dealkylation sites (N-methyl/N-ethyl adjacent to an activating group) is 1. The minimum Gasteiger partial charge on any atom is -0.378 e. The molecule has 0 unspecified atom stereocenters. The fraction of sp³-hybridized carbons (Fsp3) is 0.684. The summed E-state index contributed by atoms with van der Waals surface area (Å²) in [5, 5.41) is 0. The molecule has 2 aliphatic rings. The molecule has 0 aromatic carbocycles. The van der Waals surface area contributed by atoms with Crippen LogP contribution in [0.3, 0.4) is 0 Å². The van der Waals surface area contributed by atoms with E-state index < -0.39 is 0 Å². The van der Waals surface area contributed by atoms with Gasteiger partial charge in [0.05, 0.1) is 13.2 Å². The van der Waals surface area contributed by atoms with Crippen molar-refractivity contribution in [3.63, 3.8) is 0 Å². The second kappa shape index (κ2) is 7.70. The highest BCUT2D eigenvalue weighted by Crippen LogP contribution is 2.30. The summed E-state index contributed by atoms with van der Waals surface area (Å²) in [5.41, 5.74) is 0.723. The van der Waals surface area contributed by atoms with E-state index in [1.54, 1.807) is 6.20 Å². The minimum absolute atomic E-state index is 0.0794. The average molecular weight is 346 g/mol. The zero-order valence-electron chi connectivity index (χ0n) is 15.8. The lowest BCUT2D eigenvalue weighted by atomic mass is 9.91. The Morgan fingerprint density at radius 2 is 2.00 bits per heavy atom. The first-order valence-corrected chi connectivity index (χ1v) is 9.22. The van der Waals surface area contributed by atoms with Crippen LogP contribution in [-0.2, 0) is 4.74 Å². The van der Waals surface area contributed by atoms with Crippen molar-refractivity contribution in [2.75, 3.05) is 58.4 Å². The molecular weight excluding hydrogens is 316 g/mol. The van der Waals surface area contributed by atoms with Gasteiger partial charge in [0, 0.05) is 44.0 Å². The van der Waals surface area contributed by atoms with Crippen LogP contribution in [-0.4, -0.2) is 80.2 Å². The molecule has 25 heavy (non-hydrogen) atoms. The van der Waals surface area contributed by atoms with E-state index in [4.69, 9.17) is 4.74 Å². The Kier molecular flexibility index (Phi) is 5.59. The van der Waals surface area contributed by atoms with Crippen molar-refractivity contribution in [3.8, 4) is 0 Å². The van der Waals surface area contributed by atoms with E-state index in [1.165, 1.54) is 0 Å². The number of carbonyl (C=O) groups is 1. The van der Waals surface area contributed by atoms with Crippen LogP contribution in [0.4, 0.5) is 5.82 Å². The number of anilines is 1. The van der Waals surface area contributed by atoms with E-state index in [-0.39, 0.29) is 5.91 Å². The van der Waals surface area contributed by atoms with Gasteiger partial charge in [-0.1, -0.05) is 13.8 Å². The maximum atomic E-state index is 12.7. The first kappa shape index (κ1) is 18.1. The Morgan fingerprint density at radius 3 is 2.60 bits per heavy atom. The second-order valence-electron chi connectivity index (χ2n) is 7.65. The third-order valence-electron chi connectivity index (χ3n) is 5.47. The fourth-order valence-electron chi connectivity index (χ4n) is 3.87. The van der Waals surface area contributed by atoms with Crippen LogP contribution < -0.4 is 4.90 Å². The molecule has 3 heterocycles. The summed E-state index contributed by atoms with van der Waals surface area (Å²) in [7, 11) is 4.30. The molecule has 2 fully saturated rings. The Hall–Kier alpha value is -1.66. The van der Waals surface area contributed by atoms with Gasteiger partial charge in [0.1, 0.15) is 5.82 Å². The predicted molar refractivity (Wildman–Crippen MR) is 99.0 cm³/mol. The highest BCUT2D eigenvalue weighted by atomic mass is 16.5. The molecule has 0 N–H and O–H groups in total. The van der Waals surface area contributed by atoms with Gasteiger partial charge in [-0.3, -0.25) is 4.79 Å². The summed E-state index contributed by atoms with van der Waals surface area (Å²) in [6.07, 6.45) is 1.76. The molecule has 6 nitrogen and oxygen atoms in total. The summed E-state index contributed by atoms with van der Waals surface area (Å²) in [4.78, 5) is 23.8. The maximum Gasteiger partial charge on any atom is 0.254 e. The number of nitrogens with zero attached hydrogens (tertiary/aromatic N) is 4. The van der Waals surface area contributed by atoms with E-state index in [1.807, 2.05) is 17.0 Å². The SMILES string of the molecule is CC(C)[C@@H]1CN(c2cc(C(=O)N3CCOCC3)ccn2)C[C@H]1N(C)C. The van der Waals surface area contributed by atoms with Gasteiger partial charge >= 0.3 is 0 Å². The molecule has 0 spiro atoms. The molecule has 0 aliphatic carbocycles. The zero-order chi connectivity index (χ0) is 18.0. The third kappa shape index (κ3) is 3.96. The number of amides is 1. The molecule has 2 aliphatic heterocycles. The van der Waals surface area contributed by atoms with Crippen LogP contribution in [0, 0.1) is 11.8 Å². The van der Waals surface area contributed by atoms with Crippen LogP contribution in [0.2, 0.25) is 0 Å². The smallest absolute Gasteiger partial charge is 0.254 e. The Bertz CT molecular complexity index is 583. The van der Waals surface area contributed by atoms with Gasteiger partial charge in [0.2, 0.25) is 0 Å². The van der Waals surface area contributed by atoms with Gasteiger partial charge in [-0.15, -0.1) is 0 Å².